The Bertz CT molecular complexity index is 624. The molecule has 1 saturated heterocycles. The largest absolute Gasteiger partial charge is 0.378 e. The van der Waals surface area contributed by atoms with Crippen LogP contribution in [0.2, 0.25) is 0 Å². The molecule has 3 rings (SSSR count). The fourth-order valence-corrected chi connectivity index (χ4v) is 3.21. The molecule has 7 nitrogen and oxygen atoms in total. The third kappa shape index (κ3) is 4.29. The molecule has 0 bridgehead atoms. The van der Waals surface area contributed by atoms with E-state index < -0.39 is 17.6 Å². The lowest BCUT2D eigenvalue weighted by molar-refractivity contribution is -0.161. The minimum absolute atomic E-state index is 0.200. The third-order valence-corrected chi connectivity index (χ3v) is 4.62. The Labute approximate surface area is 147 Å². The summed E-state index contributed by atoms with van der Waals surface area (Å²) in [7, 11) is 3.87. The number of carbonyl (C=O) groups excluding carboxylic acids is 2. The molecule has 1 aliphatic carbocycles. The standard InChI is InChI=1S/C18H25N3O4/c1-21(2)14-7-5-13(6-8-14)20-17(23)16(22)19-11-15-12-24-18(25-15)9-3-4-10-18/h5-8,15H,3-4,9-12H2,1-2H3,(H,19,22)(H,20,23). The lowest BCUT2D eigenvalue weighted by atomic mass is 10.2. The number of benzene rings is 1. The van der Waals surface area contributed by atoms with Crippen LogP contribution in [0, 0.1) is 0 Å². The van der Waals surface area contributed by atoms with Gasteiger partial charge in [0.15, 0.2) is 5.79 Å². The molecule has 1 heterocycles. The highest BCUT2D eigenvalue weighted by molar-refractivity contribution is 6.39. The summed E-state index contributed by atoms with van der Waals surface area (Å²) in [4.78, 5) is 25.9. The van der Waals surface area contributed by atoms with Gasteiger partial charge in [0.1, 0.15) is 6.10 Å². The minimum atomic E-state index is -0.688. The first-order valence-corrected chi connectivity index (χ1v) is 8.66. The number of anilines is 2. The summed E-state index contributed by atoms with van der Waals surface area (Å²) in [5, 5.41) is 5.21. The number of carbonyl (C=O) groups is 2. The smallest absolute Gasteiger partial charge is 0.313 e. The van der Waals surface area contributed by atoms with Crippen LogP contribution in [0.25, 0.3) is 0 Å². The number of hydrogen-bond acceptors (Lipinski definition) is 5. The minimum Gasteiger partial charge on any atom is -0.378 e. The van der Waals surface area contributed by atoms with Crippen molar-refractivity contribution in [1.29, 1.82) is 0 Å². The third-order valence-electron chi connectivity index (χ3n) is 4.62. The van der Waals surface area contributed by atoms with Crippen LogP contribution in [-0.4, -0.2) is 51.0 Å². The summed E-state index contributed by atoms with van der Waals surface area (Å²) < 4.78 is 11.7. The Morgan fingerprint density at radius 3 is 2.48 bits per heavy atom. The van der Waals surface area contributed by atoms with E-state index in [1.807, 2.05) is 31.1 Å². The second-order valence-corrected chi connectivity index (χ2v) is 6.77. The van der Waals surface area contributed by atoms with Gasteiger partial charge in [0.2, 0.25) is 0 Å². The van der Waals surface area contributed by atoms with Crippen LogP contribution < -0.4 is 15.5 Å². The Morgan fingerprint density at radius 2 is 1.84 bits per heavy atom. The fraction of sp³-hybridized carbons (Fsp3) is 0.556. The molecule has 0 aromatic heterocycles. The van der Waals surface area contributed by atoms with Gasteiger partial charge in [0.25, 0.3) is 0 Å². The lowest BCUT2D eigenvalue weighted by Gasteiger charge is -2.21. The summed E-state index contributed by atoms with van der Waals surface area (Å²) in [6.07, 6.45) is 3.82. The van der Waals surface area contributed by atoms with Crippen LogP contribution in [0.15, 0.2) is 24.3 Å². The van der Waals surface area contributed by atoms with Crippen molar-refractivity contribution in [2.45, 2.75) is 37.6 Å². The van der Waals surface area contributed by atoms with E-state index in [-0.39, 0.29) is 12.6 Å². The molecule has 1 aliphatic heterocycles. The summed E-state index contributed by atoms with van der Waals surface area (Å²) >= 11 is 0. The van der Waals surface area contributed by atoms with E-state index in [0.717, 1.165) is 31.4 Å². The number of hydrogen-bond donors (Lipinski definition) is 2. The van der Waals surface area contributed by atoms with Crippen molar-refractivity contribution in [3.63, 3.8) is 0 Å². The number of nitrogens with one attached hydrogen (secondary N) is 2. The second-order valence-electron chi connectivity index (χ2n) is 6.77. The molecule has 25 heavy (non-hydrogen) atoms. The zero-order chi connectivity index (χ0) is 17.9. The van der Waals surface area contributed by atoms with Crippen molar-refractivity contribution in [3.05, 3.63) is 24.3 Å². The van der Waals surface area contributed by atoms with E-state index >= 15 is 0 Å². The van der Waals surface area contributed by atoms with Crippen LogP contribution in [-0.2, 0) is 19.1 Å². The van der Waals surface area contributed by atoms with Crippen molar-refractivity contribution in [2.75, 3.05) is 37.5 Å². The lowest BCUT2D eigenvalue weighted by Crippen LogP contribution is -2.40. The Hall–Kier alpha value is -2.12. The quantitative estimate of drug-likeness (QED) is 0.807. The summed E-state index contributed by atoms with van der Waals surface area (Å²) in [5.41, 5.74) is 1.60. The van der Waals surface area contributed by atoms with Gasteiger partial charge in [-0.25, -0.2) is 0 Å². The predicted molar refractivity (Wildman–Crippen MR) is 94.4 cm³/mol. The van der Waals surface area contributed by atoms with Gasteiger partial charge in [-0.05, 0) is 37.1 Å². The molecule has 1 aromatic carbocycles. The first-order valence-electron chi connectivity index (χ1n) is 8.66. The molecule has 1 saturated carbocycles. The molecule has 2 amide bonds. The molecule has 1 spiro atoms. The summed E-state index contributed by atoms with van der Waals surface area (Å²) in [6.45, 7) is 0.724. The average Bonchev–Trinajstić information content (AvgIpc) is 3.23. The molecule has 1 unspecified atom stereocenters. The number of ether oxygens (including phenoxy) is 2. The zero-order valence-electron chi connectivity index (χ0n) is 14.7. The topological polar surface area (TPSA) is 79.9 Å². The molecule has 2 fully saturated rings. The summed E-state index contributed by atoms with van der Waals surface area (Å²) in [5.74, 6) is -1.81. The molecule has 136 valence electrons. The van der Waals surface area contributed by atoms with Crippen molar-refractivity contribution in [2.24, 2.45) is 0 Å². The normalized spacial score (nSPS) is 21.3. The first kappa shape index (κ1) is 17.7. The van der Waals surface area contributed by atoms with Crippen LogP contribution in [0.4, 0.5) is 11.4 Å². The van der Waals surface area contributed by atoms with Crippen LogP contribution in [0.3, 0.4) is 0 Å². The predicted octanol–water partition coefficient (Wildman–Crippen LogP) is 1.49. The van der Waals surface area contributed by atoms with Crippen molar-refractivity contribution < 1.29 is 19.1 Å². The Morgan fingerprint density at radius 1 is 1.16 bits per heavy atom. The molecule has 2 aliphatic rings. The van der Waals surface area contributed by atoms with Crippen molar-refractivity contribution in [3.8, 4) is 0 Å². The van der Waals surface area contributed by atoms with Crippen LogP contribution in [0.5, 0.6) is 0 Å². The van der Waals surface area contributed by atoms with Gasteiger partial charge in [-0.15, -0.1) is 0 Å². The van der Waals surface area contributed by atoms with E-state index in [1.165, 1.54) is 0 Å². The molecular weight excluding hydrogens is 322 g/mol. The van der Waals surface area contributed by atoms with Crippen molar-refractivity contribution in [1.82, 2.24) is 5.32 Å². The van der Waals surface area contributed by atoms with Gasteiger partial charge in [0.05, 0.1) is 6.61 Å². The maximum atomic E-state index is 12.0. The van der Waals surface area contributed by atoms with Gasteiger partial charge in [0, 0.05) is 44.9 Å². The highest BCUT2D eigenvalue weighted by atomic mass is 16.7. The molecule has 1 aromatic rings. The first-order chi connectivity index (χ1) is 12.0. The maximum absolute atomic E-state index is 12.0. The van der Waals surface area contributed by atoms with E-state index in [1.54, 1.807) is 12.1 Å². The zero-order valence-corrected chi connectivity index (χ0v) is 14.7. The van der Waals surface area contributed by atoms with E-state index in [4.69, 9.17) is 9.47 Å². The van der Waals surface area contributed by atoms with Gasteiger partial charge in [-0.2, -0.15) is 0 Å². The molecule has 1 atom stereocenters. The van der Waals surface area contributed by atoms with Crippen LogP contribution in [0.1, 0.15) is 25.7 Å². The van der Waals surface area contributed by atoms with E-state index in [2.05, 4.69) is 10.6 Å². The molecule has 7 heteroatoms. The van der Waals surface area contributed by atoms with Gasteiger partial charge in [-0.3, -0.25) is 9.59 Å². The molecular formula is C18H25N3O4. The van der Waals surface area contributed by atoms with E-state index in [0.29, 0.717) is 12.3 Å². The van der Waals surface area contributed by atoms with Gasteiger partial charge < -0.3 is 25.0 Å². The van der Waals surface area contributed by atoms with Gasteiger partial charge >= 0.3 is 11.8 Å². The SMILES string of the molecule is CN(C)c1ccc(NC(=O)C(=O)NCC2COC3(CCCC3)O2)cc1. The number of amides is 2. The monoisotopic (exact) mass is 347 g/mol. The van der Waals surface area contributed by atoms with E-state index in [9.17, 15) is 9.59 Å². The molecule has 2 N–H and O–H groups in total. The van der Waals surface area contributed by atoms with Crippen molar-refractivity contribution >= 4 is 23.2 Å². The number of nitrogens with zero attached hydrogens (tertiary/aromatic N) is 1. The molecule has 0 radical (unpaired) electrons. The van der Waals surface area contributed by atoms with Crippen LogP contribution >= 0.6 is 0 Å². The van der Waals surface area contributed by atoms with Gasteiger partial charge in [-0.1, -0.05) is 0 Å². The Balaban J connectivity index is 1.44. The summed E-state index contributed by atoms with van der Waals surface area (Å²) in [6, 6.07) is 7.27. The number of rotatable bonds is 4. The highest BCUT2D eigenvalue weighted by Crippen LogP contribution is 2.38. The fourth-order valence-electron chi connectivity index (χ4n) is 3.21. The second kappa shape index (κ2) is 7.41. The Kier molecular flexibility index (Phi) is 5.24. The highest BCUT2D eigenvalue weighted by Gasteiger charge is 2.43. The maximum Gasteiger partial charge on any atom is 0.313 e. The average molecular weight is 347 g/mol.